The van der Waals surface area contributed by atoms with Crippen molar-refractivity contribution in [1.82, 2.24) is 9.97 Å². The fraction of sp³-hybridized carbons (Fsp3) is 0.0833. The molecule has 18 heavy (non-hydrogen) atoms. The lowest BCUT2D eigenvalue weighted by atomic mass is 10.2. The Balaban J connectivity index is 2.10. The summed E-state index contributed by atoms with van der Waals surface area (Å²) in [5.74, 6) is -0.951. The summed E-state index contributed by atoms with van der Waals surface area (Å²) in [6, 6.07) is 6.00. The highest BCUT2D eigenvalue weighted by atomic mass is 32.2. The summed E-state index contributed by atoms with van der Waals surface area (Å²) in [5.41, 5.74) is 0.541. The summed E-state index contributed by atoms with van der Waals surface area (Å²) in [4.78, 5) is 19.4. The van der Waals surface area contributed by atoms with Crippen molar-refractivity contribution < 1.29 is 14.3 Å². The lowest BCUT2D eigenvalue weighted by Crippen LogP contribution is -2.04. The Morgan fingerprint density at radius 2 is 2.06 bits per heavy atom. The van der Waals surface area contributed by atoms with Gasteiger partial charge in [-0.3, -0.25) is 0 Å². The highest BCUT2D eigenvalue weighted by molar-refractivity contribution is 7.98. The number of carbonyl (C=O) groups is 1. The van der Waals surface area contributed by atoms with Crippen LogP contribution in [0.15, 0.2) is 41.7 Å². The van der Waals surface area contributed by atoms with Crippen molar-refractivity contribution in [3.05, 3.63) is 53.9 Å². The van der Waals surface area contributed by atoms with Crippen LogP contribution in [0.1, 0.15) is 16.1 Å². The zero-order valence-corrected chi connectivity index (χ0v) is 10.0. The maximum atomic E-state index is 12.7. The van der Waals surface area contributed by atoms with Crippen LogP contribution in [0.3, 0.4) is 0 Å². The molecule has 0 unspecified atom stereocenters. The van der Waals surface area contributed by atoms with E-state index >= 15 is 0 Å². The van der Waals surface area contributed by atoms with Crippen molar-refractivity contribution in [2.45, 2.75) is 10.6 Å². The summed E-state index contributed by atoms with van der Waals surface area (Å²) in [5, 5.41) is 8.96. The number of nitrogens with zero attached hydrogens (tertiary/aromatic N) is 2. The standard InChI is InChI=1S/C12H9FN2O2S/c13-8-1-3-9(4-2-8)18-6-11-10(12(16)17)5-14-7-15-11/h1-5,7H,6H2,(H,16,17). The predicted octanol–water partition coefficient (Wildman–Crippen LogP) is 2.61. The number of aromatic carboxylic acids is 1. The number of rotatable bonds is 4. The molecule has 6 heteroatoms. The van der Waals surface area contributed by atoms with Gasteiger partial charge < -0.3 is 5.11 Å². The van der Waals surface area contributed by atoms with Gasteiger partial charge in [0.15, 0.2) is 0 Å². The topological polar surface area (TPSA) is 63.1 Å². The second-order valence-corrected chi connectivity index (χ2v) is 4.48. The van der Waals surface area contributed by atoms with E-state index in [1.807, 2.05) is 0 Å². The Hall–Kier alpha value is -1.95. The molecule has 4 nitrogen and oxygen atoms in total. The third-order valence-corrected chi connectivity index (χ3v) is 3.24. The average Bonchev–Trinajstić information content (AvgIpc) is 2.38. The molecule has 0 aliphatic heterocycles. The van der Waals surface area contributed by atoms with Crippen LogP contribution in [0.25, 0.3) is 0 Å². The highest BCUT2D eigenvalue weighted by Gasteiger charge is 2.11. The number of hydrogen-bond acceptors (Lipinski definition) is 4. The van der Waals surface area contributed by atoms with E-state index in [0.717, 1.165) is 4.90 Å². The molecule has 1 aromatic heterocycles. The van der Waals surface area contributed by atoms with Gasteiger partial charge in [-0.05, 0) is 24.3 Å². The van der Waals surface area contributed by atoms with E-state index < -0.39 is 5.97 Å². The van der Waals surface area contributed by atoms with Crippen LogP contribution < -0.4 is 0 Å². The summed E-state index contributed by atoms with van der Waals surface area (Å²) in [6.07, 6.45) is 2.59. The summed E-state index contributed by atoms with van der Waals surface area (Å²) < 4.78 is 12.7. The van der Waals surface area contributed by atoms with Crippen LogP contribution in [-0.2, 0) is 5.75 Å². The van der Waals surface area contributed by atoms with E-state index in [0.29, 0.717) is 11.4 Å². The second kappa shape index (κ2) is 5.59. The molecule has 0 bridgehead atoms. The largest absolute Gasteiger partial charge is 0.478 e. The first-order chi connectivity index (χ1) is 8.66. The molecule has 0 saturated heterocycles. The van der Waals surface area contributed by atoms with Crippen LogP contribution in [-0.4, -0.2) is 21.0 Å². The number of thioether (sulfide) groups is 1. The number of aromatic nitrogens is 2. The second-order valence-electron chi connectivity index (χ2n) is 3.43. The van der Waals surface area contributed by atoms with Crippen molar-refractivity contribution >= 4 is 17.7 Å². The summed E-state index contributed by atoms with van der Waals surface area (Å²) in [7, 11) is 0. The first-order valence-corrected chi connectivity index (χ1v) is 6.06. The maximum absolute atomic E-state index is 12.7. The first kappa shape index (κ1) is 12.5. The molecule has 92 valence electrons. The monoisotopic (exact) mass is 264 g/mol. The summed E-state index contributed by atoms with van der Waals surface area (Å²) >= 11 is 1.39. The number of benzene rings is 1. The Morgan fingerprint density at radius 3 is 2.72 bits per heavy atom. The number of hydrogen-bond donors (Lipinski definition) is 1. The van der Waals surface area contributed by atoms with Gasteiger partial charge >= 0.3 is 5.97 Å². The van der Waals surface area contributed by atoms with Crippen LogP contribution in [0.4, 0.5) is 4.39 Å². The average molecular weight is 264 g/mol. The molecule has 0 saturated carbocycles. The van der Waals surface area contributed by atoms with E-state index in [1.54, 1.807) is 12.1 Å². The third kappa shape index (κ3) is 3.04. The van der Waals surface area contributed by atoms with Crippen LogP contribution in [0, 0.1) is 5.82 Å². The fourth-order valence-corrected chi connectivity index (χ4v) is 2.19. The molecule has 0 radical (unpaired) electrons. The minimum atomic E-state index is -1.05. The van der Waals surface area contributed by atoms with Crippen molar-refractivity contribution in [3.8, 4) is 0 Å². The SMILES string of the molecule is O=C(O)c1cncnc1CSc1ccc(F)cc1. The Labute approximate surface area is 107 Å². The van der Waals surface area contributed by atoms with Gasteiger partial charge in [-0.1, -0.05) is 0 Å². The molecular formula is C12H9FN2O2S. The van der Waals surface area contributed by atoms with Crippen molar-refractivity contribution in [1.29, 1.82) is 0 Å². The maximum Gasteiger partial charge on any atom is 0.339 e. The molecule has 0 aliphatic rings. The van der Waals surface area contributed by atoms with Gasteiger partial charge in [-0.15, -0.1) is 11.8 Å². The van der Waals surface area contributed by atoms with Gasteiger partial charge in [0.2, 0.25) is 0 Å². The van der Waals surface area contributed by atoms with Crippen LogP contribution >= 0.6 is 11.8 Å². The molecule has 0 aliphatic carbocycles. The first-order valence-electron chi connectivity index (χ1n) is 5.07. The highest BCUT2D eigenvalue weighted by Crippen LogP contribution is 2.23. The smallest absolute Gasteiger partial charge is 0.339 e. The number of carboxylic acids is 1. The third-order valence-electron chi connectivity index (χ3n) is 2.21. The molecule has 1 N–H and O–H groups in total. The lowest BCUT2D eigenvalue weighted by molar-refractivity contribution is 0.0695. The van der Waals surface area contributed by atoms with E-state index in [4.69, 9.17) is 5.11 Å². The Kier molecular flexibility index (Phi) is 3.88. The minimum Gasteiger partial charge on any atom is -0.478 e. The molecule has 0 spiro atoms. The summed E-state index contributed by atoms with van der Waals surface area (Å²) in [6.45, 7) is 0. The molecule has 0 amide bonds. The van der Waals surface area contributed by atoms with E-state index in [9.17, 15) is 9.18 Å². The zero-order valence-electron chi connectivity index (χ0n) is 9.21. The Bertz CT molecular complexity index is 560. The number of halogens is 1. The van der Waals surface area contributed by atoms with Crippen LogP contribution in [0.5, 0.6) is 0 Å². The van der Waals surface area contributed by atoms with Gasteiger partial charge in [-0.25, -0.2) is 19.2 Å². The predicted molar refractivity (Wildman–Crippen MR) is 65.0 cm³/mol. The molecule has 0 atom stereocenters. The zero-order chi connectivity index (χ0) is 13.0. The quantitative estimate of drug-likeness (QED) is 0.860. The normalized spacial score (nSPS) is 10.3. The van der Waals surface area contributed by atoms with E-state index in [-0.39, 0.29) is 11.4 Å². The van der Waals surface area contributed by atoms with Gasteiger partial charge in [0, 0.05) is 16.8 Å². The Morgan fingerprint density at radius 1 is 1.33 bits per heavy atom. The van der Waals surface area contributed by atoms with Crippen molar-refractivity contribution in [2.24, 2.45) is 0 Å². The van der Waals surface area contributed by atoms with Crippen LogP contribution in [0.2, 0.25) is 0 Å². The molecular weight excluding hydrogens is 255 g/mol. The van der Waals surface area contributed by atoms with Gasteiger partial charge in [-0.2, -0.15) is 0 Å². The van der Waals surface area contributed by atoms with Gasteiger partial charge in [0.05, 0.1) is 5.69 Å². The molecule has 1 aromatic carbocycles. The number of carboxylic acid groups (broad SMARTS) is 1. The molecule has 2 rings (SSSR count). The molecule has 1 heterocycles. The minimum absolute atomic E-state index is 0.0899. The van der Waals surface area contributed by atoms with E-state index in [2.05, 4.69) is 9.97 Å². The molecule has 2 aromatic rings. The van der Waals surface area contributed by atoms with Gasteiger partial charge in [0.1, 0.15) is 17.7 Å². The van der Waals surface area contributed by atoms with Crippen molar-refractivity contribution in [3.63, 3.8) is 0 Å². The fourth-order valence-electron chi connectivity index (χ4n) is 1.33. The van der Waals surface area contributed by atoms with Crippen molar-refractivity contribution in [2.75, 3.05) is 0 Å². The lowest BCUT2D eigenvalue weighted by Gasteiger charge is -2.04. The van der Waals surface area contributed by atoms with Gasteiger partial charge in [0.25, 0.3) is 0 Å². The molecule has 0 fully saturated rings. The van der Waals surface area contributed by atoms with E-state index in [1.165, 1.54) is 36.4 Å².